The van der Waals surface area contributed by atoms with Gasteiger partial charge in [-0.2, -0.15) is 0 Å². The average molecular weight is 288 g/mol. The van der Waals surface area contributed by atoms with Crippen LogP contribution in [0, 0.1) is 0 Å². The van der Waals surface area contributed by atoms with Crippen LogP contribution in [0.2, 0.25) is 0 Å². The molecule has 1 unspecified atom stereocenters. The Balaban J connectivity index is 1.81. The molecule has 1 atom stereocenters. The highest BCUT2D eigenvalue weighted by Crippen LogP contribution is 2.34. The van der Waals surface area contributed by atoms with Crippen LogP contribution in [-0.2, 0) is 11.3 Å². The van der Waals surface area contributed by atoms with Gasteiger partial charge in [-0.05, 0) is 49.8 Å². The Hall–Kier alpha value is -0.900. The maximum absolute atomic E-state index is 6.08. The summed E-state index contributed by atoms with van der Waals surface area (Å²) in [6, 6.07) is 10.3. The third-order valence-corrected chi connectivity index (χ3v) is 5.04. The quantitative estimate of drug-likeness (QED) is 0.924. The lowest BCUT2D eigenvalue weighted by molar-refractivity contribution is 0.00455. The molecule has 3 nitrogen and oxygen atoms in total. The molecule has 116 valence electrons. The zero-order chi connectivity index (χ0) is 14.7. The fourth-order valence-electron chi connectivity index (χ4n) is 3.92. The number of hydrogen-bond acceptors (Lipinski definition) is 3. The minimum atomic E-state index is 0.416. The Morgan fingerprint density at radius 2 is 1.95 bits per heavy atom. The standard InChI is InChI=1S/C18H28N2O/c1-2-11-20(16-9-7-15(19)8-10-16)18-13-21-12-14-5-3-4-6-17(14)18/h3-6,15-16,18H,2,7-13,19H2,1H3. The normalized spacial score (nSPS) is 29.4. The van der Waals surface area contributed by atoms with Crippen molar-refractivity contribution in [2.24, 2.45) is 5.73 Å². The molecule has 2 N–H and O–H groups in total. The highest BCUT2D eigenvalue weighted by Gasteiger charge is 2.32. The number of nitrogens with two attached hydrogens (primary N) is 1. The molecule has 1 aromatic rings. The molecule has 1 saturated carbocycles. The van der Waals surface area contributed by atoms with Crippen LogP contribution in [0.1, 0.15) is 56.2 Å². The van der Waals surface area contributed by atoms with Crippen molar-refractivity contribution in [3.05, 3.63) is 35.4 Å². The van der Waals surface area contributed by atoms with Gasteiger partial charge in [-0.25, -0.2) is 0 Å². The van der Waals surface area contributed by atoms with Gasteiger partial charge in [0.1, 0.15) is 0 Å². The lowest BCUT2D eigenvalue weighted by Crippen LogP contribution is -2.45. The largest absolute Gasteiger partial charge is 0.375 e. The smallest absolute Gasteiger partial charge is 0.0721 e. The van der Waals surface area contributed by atoms with Gasteiger partial charge >= 0.3 is 0 Å². The molecule has 1 aliphatic carbocycles. The van der Waals surface area contributed by atoms with Crippen LogP contribution in [0.4, 0.5) is 0 Å². The van der Waals surface area contributed by atoms with Gasteiger partial charge in [0.25, 0.3) is 0 Å². The number of ether oxygens (including phenoxy) is 1. The predicted molar refractivity (Wildman–Crippen MR) is 86.1 cm³/mol. The van der Waals surface area contributed by atoms with E-state index in [1.54, 1.807) is 0 Å². The van der Waals surface area contributed by atoms with Crippen molar-refractivity contribution in [1.29, 1.82) is 0 Å². The number of fused-ring (bicyclic) bond motifs is 1. The summed E-state index contributed by atoms with van der Waals surface area (Å²) in [6.45, 7) is 5.03. The molecule has 2 aliphatic rings. The summed E-state index contributed by atoms with van der Waals surface area (Å²) in [7, 11) is 0. The van der Waals surface area contributed by atoms with Crippen LogP contribution in [0.5, 0.6) is 0 Å². The number of nitrogens with zero attached hydrogens (tertiary/aromatic N) is 1. The minimum absolute atomic E-state index is 0.416. The summed E-state index contributed by atoms with van der Waals surface area (Å²) < 4.78 is 5.88. The SMILES string of the molecule is CCCN(C1CCC(N)CC1)C1COCc2ccccc21. The minimum Gasteiger partial charge on any atom is -0.375 e. The Morgan fingerprint density at radius 3 is 2.71 bits per heavy atom. The van der Waals surface area contributed by atoms with Crippen molar-refractivity contribution in [2.75, 3.05) is 13.2 Å². The van der Waals surface area contributed by atoms with Gasteiger partial charge in [-0.15, -0.1) is 0 Å². The number of hydrogen-bond donors (Lipinski definition) is 1. The summed E-state index contributed by atoms with van der Waals surface area (Å²) in [5, 5.41) is 0. The predicted octanol–water partition coefficient (Wildman–Crippen LogP) is 3.24. The van der Waals surface area contributed by atoms with E-state index in [-0.39, 0.29) is 0 Å². The molecule has 1 aliphatic heterocycles. The van der Waals surface area contributed by atoms with Gasteiger partial charge in [0, 0.05) is 12.1 Å². The molecule has 0 amide bonds. The topological polar surface area (TPSA) is 38.5 Å². The van der Waals surface area contributed by atoms with E-state index in [1.165, 1.54) is 43.2 Å². The summed E-state index contributed by atoms with van der Waals surface area (Å²) in [5.74, 6) is 0. The number of benzene rings is 1. The zero-order valence-corrected chi connectivity index (χ0v) is 13.1. The monoisotopic (exact) mass is 288 g/mol. The molecule has 1 heterocycles. The number of rotatable bonds is 4. The molecule has 3 rings (SSSR count). The molecule has 1 aromatic carbocycles. The molecule has 0 bridgehead atoms. The van der Waals surface area contributed by atoms with Crippen LogP contribution >= 0.6 is 0 Å². The molecular weight excluding hydrogens is 260 g/mol. The van der Waals surface area contributed by atoms with E-state index in [0.717, 1.165) is 19.8 Å². The van der Waals surface area contributed by atoms with E-state index >= 15 is 0 Å². The van der Waals surface area contributed by atoms with Gasteiger partial charge in [0.15, 0.2) is 0 Å². The molecule has 0 saturated heterocycles. The maximum atomic E-state index is 6.08. The first-order valence-electron chi connectivity index (χ1n) is 8.46. The summed E-state index contributed by atoms with van der Waals surface area (Å²) in [5.41, 5.74) is 8.92. The van der Waals surface area contributed by atoms with Gasteiger partial charge in [-0.3, -0.25) is 4.90 Å². The van der Waals surface area contributed by atoms with E-state index in [1.807, 2.05) is 0 Å². The van der Waals surface area contributed by atoms with Gasteiger partial charge < -0.3 is 10.5 Å². The average Bonchev–Trinajstić information content (AvgIpc) is 2.53. The lowest BCUT2D eigenvalue weighted by atomic mass is 9.88. The third kappa shape index (κ3) is 3.31. The second-order valence-electron chi connectivity index (χ2n) is 6.54. The second kappa shape index (κ2) is 6.91. The van der Waals surface area contributed by atoms with Crippen LogP contribution in [0.15, 0.2) is 24.3 Å². The van der Waals surface area contributed by atoms with E-state index in [4.69, 9.17) is 10.5 Å². The highest BCUT2D eigenvalue weighted by molar-refractivity contribution is 5.31. The van der Waals surface area contributed by atoms with Gasteiger partial charge in [0.2, 0.25) is 0 Å². The van der Waals surface area contributed by atoms with Crippen molar-refractivity contribution in [2.45, 2.75) is 63.8 Å². The summed E-state index contributed by atoms with van der Waals surface area (Å²) in [4.78, 5) is 2.70. The first-order chi connectivity index (χ1) is 10.3. The molecule has 3 heteroatoms. The van der Waals surface area contributed by atoms with Crippen molar-refractivity contribution in [3.63, 3.8) is 0 Å². The Kier molecular flexibility index (Phi) is 4.94. The molecule has 0 radical (unpaired) electrons. The lowest BCUT2D eigenvalue weighted by Gasteiger charge is -2.43. The van der Waals surface area contributed by atoms with Crippen molar-refractivity contribution in [1.82, 2.24) is 4.90 Å². The molecule has 1 fully saturated rings. The first kappa shape index (κ1) is 15.0. The van der Waals surface area contributed by atoms with E-state index in [2.05, 4.69) is 36.1 Å². The van der Waals surface area contributed by atoms with Crippen molar-refractivity contribution in [3.8, 4) is 0 Å². The van der Waals surface area contributed by atoms with Gasteiger partial charge in [-0.1, -0.05) is 31.2 Å². The fourth-order valence-corrected chi connectivity index (χ4v) is 3.92. The first-order valence-corrected chi connectivity index (χ1v) is 8.46. The Labute approximate surface area is 128 Å². The Morgan fingerprint density at radius 1 is 1.19 bits per heavy atom. The highest BCUT2D eigenvalue weighted by atomic mass is 16.5. The van der Waals surface area contributed by atoms with E-state index in [9.17, 15) is 0 Å². The third-order valence-electron chi connectivity index (χ3n) is 5.04. The van der Waals surface area contributed by atoms with Crippen molar-refractivity contribution < 1.29 is 4.74 Å². The second-order valence-corrected chi connectivity index (χ2v) is 6.54. The summed E-state index contributed by atoms with van der Waals surface area (Å²) in [6.07, 6.45) is 6.00. The maximum Gasteiger partial charge on any atom is 0.0721 e. The summed E-state index contributed by atoms with van der Waals surface area (Å²) >= 11 is 0. The van der Waals surface area contributed by atoms with E-state index in [0.29, 0.717) is 18.1 Å². The molecule has 0 aromatic heterocycles. The van der Waals surface area contributed by atoms with Crippen LogP contribution < -0.4 is 5.73 Å². The van der Waals surface area contributed by atoms with Crippen LogP contribution in [-0.4, -0.2) is 30.1 Å². The van der Waals surface area contributed by atoms with Gasteiger partial charge in [0.05, 0.1) is 19.3 Å². The Bertz CT molecular complexity index is 454. The van der Waals surface area contributed by atoms with Crippen LogP contribution in [0.25, 0.3) is 0 Å². The molecular formula is C18H28N2O. The molecule has 21 heavy (non-hydrogen) atoms. The molecule has 0 spiro atoms. The zero-order valence-electron chi connectivity index (χ0n) is 13.1. The van der Waals surface area contributed by atoms with E-state index < -0.39 is 0 Å². The van der Waals surface area contributed by atoms with Crippen molar-refractivity contribution >= 4 is 0 Å². The fraction of sp³-hybridized carbons (Fsp3) is 0.667. The van der Waals surface area contributed by atoms with Crippen LogP contribution in [0.3, 0.4) is 0 Å².